The predicted octanol–water partition coefficient (Wildman–Crippen LogP) is 2.99. The van der Waals surface area contributed by atoms with Gasteiger partial charge in [-0.3, -0.25) is 0 Å². The van der Waals surface area contributed by atoms with Gasteiger partial charge < -0.3 is 15.3 Å². The molecule has 0 bridgehead atoms. The molecule has 0 aromatic heterocycles. The van der Waals surface area contributed by atoms with Crippen molar-refractivity contribution in [3.05, 3.63) is 34.3 Å². The number of benzene rings is 1. The summed E-state index contributed by atoms with van der Waals surface area (Å²) in [7, 11) is 0. The van der Waals surface area contributed by atoms with Crippen molar-refractivity contribution >= 4 is 27.9 Å². The maximum Gasteiger partial charge on any atom is 0.329 e. The smallest absolute Gasteiger partial charge is 0.329 e. The topological polar surface area (TPSA) is 69.6 Å². The highest BCUT2D eigenvalue weighted by Gasteiger charge is 2.43. The van der Waals surface area contributed by atoms with Crippen LogP contribution in [0, 0.1) is 0 Å². The van der Waals surface area contributed by atoms with E-state index in [2.05, 4.69) is 21.2 Å². The highest BCUT2D eigenvalue weighted by molar-refractivity contribution is 9.10. The number of hydrogen-bond acceptors (Lipinski definition) is 2. The van der Waals surface area contributed by atoms with Crippen LogP contribution in [-0.4, -0.2) is 34.1 Å². The molecule has 0 radical (unpaired) electrons. The fraction of sp³-hybridized carbons (Fsp3) is 0.467. The van der Waals surface area contributed by atoms with E-state index in [1.165, 1.54) is 4.90 Å². The first-order valence-corrected chi connectivity index (χ1v) is 7.77. The molecule has 1 aromatic carbocycles. The van der Waals surface area contributed by atoms with Crippen LogP contribution in [0.1, 0.15) is 31.7 Å². The third-order valence-electron chi connectivity index (χ3n) is 3.98. The molecule has 2 amide bonds. The Hall–Kier alpha value is -1.56. The zero-order valence-corrected chi connectivity index (χ0v) is 13.5. The minimum Gasteiger partial charge on any atom is -0.480 e. The first kappa shape index (κ1) is 15.8. The van der Waals surface area contributed by atoms with Gasteiger partial charge in [-0.05, 0) is 37.8 Å². The number of amides is 2. The Labute approximate surface area is 132 Å². The van der Waals surface area contributed by atoms with Crippen molar-refractivity contribution in [2.75, 3.05) is 6.54 Å². The lowest BCUT2D eigenvalue weighted by molar-refractivity contribution is -0.150. The molecule has 1 fully saturated rings. The average Bonchev–Trinajstić information content (AvgIpc) is 2.46. The second-order valence-electron chi connectivity index (χ2n) is 5.44. The first-order valence-electron chi connectivity index (χ1n) is 6.97. The van der Waals surface area contributed by atoms with Gasteiger partial charge >= 0.3 is 12.0 Å². The normalized spacial score (nSPS) is 21.9. The summed E-state index contributed by atoms with van der Waals surface area (Å²) in [6.45, 7) is 2.46. The molecular formula is C15H19BrN2O3. The van der Waals surface area contributed by atoms with E-state index in [0.29, 0.717) is 19.5 Å². The van der Waals surface area contributed by atoms with Crippen molar-refractivity contribution in [1.29, 1.82) is 0 Å². The van der Waals surface area contributed by atoms with E-state index in [4.69, 9.17) is 0 Å². The molecule has 1 heterocycles. The molecule has 1 saturated heterocycles. The molecule has 6 heteroatoms. The Balaban J connectivity index is 2.05. The minimum absolute atomic E-state index is 0.324. The molecular weight excluding hydrogens is 336 g/mol. The maximum absolute atomic E-state index is 12.3. The van der Waals surface area contributed by atoms with Crippen LogP contribution in [0.5, 0.6) is 0 Å². The zero-order chi connectivity index (χ0) is 15.5. The standard InChI is InChI=1S/C15H19BrN2O3/c1-15(13(19)20)8-4-5-9-18(15)14(21)17-10-11-6-2-3-7-12(11)16/h2-3,6-7H,4-5,8-10H2,1H3,(H,17,21)(H,19,20). The number of carboxylic acid groups (broad SMARTS) is 1. The molecule has 2 N–H and O–H groups in total. The number of carbonyl (C=O) groups is 2. The van der Waals surface area contributed by atoms with E-state index < -0.39 is 11.5 Å². The van der Waals surface area contributed by atoms with Gasteiger partial charge in [-0.25, -0.2) is 9.59 Å². The van der Waals surface area contributed by atoms with Crippen LogP contribution in [0.4, 0.5) is 4.79 Å². The van der Waals surface area contributed by atoms with Crippen LogP contribution in [-0.2, 0) is 11.3 Å². The second kappa shape index (κ2) is 6.47. The number of likely N-dealkylation sites (tertiary alicyclic amines) is 1. The van der Waals surface area contributed by atoms with Crippen molar-refractivity contribution in [2.45, 2.75) is 38.3 Å². The molecule has 0 spiro atoms. The van der Waals surface area contributed by atoms with Gasteiger partial charge in [0.05, 0.1) is 0 Å². The summed E-state index contributed by atoms with van der Waals surface area (Å²) >= 11 is 3.43. The summed E-state index contributed by atoms with van der Waals surface area (Å²) in [5.74, 6) is -0.946. The summed E-state index contributed by atoms with van der Waals surface area (Å²) in [4.78, 5) is 25.3. The van der Waals surface area contributed by atoms with E-state index in [-0.39, 0.29) is 6.03 Å². The number of hydrogen-bond donors (Lipinski definition) is 2. The molecule has 1 unspecified atom stereocenters. The SMILES string of the molecule is CC1(C(=O)O)CCCCN1C(=O)NCc1ccccc1Br. The van der Waals surface area contributed by atoms with Gasteiger partial charge in [-0.15, -0.1) is 0 Å². The minimum atomic E-state index is -1.11. The van der Waals surface area contributed by atoms with Crippen molar-refractivity contribution in [3.8, 4) is 0 Å². The number of carboxylic acids is 1. The van der Waals surface area contributed by atoms with Gasteiger partial charge in [0, 0.05) is 17.6 Å². The molecule has 2 rings (SSSR count). The van der Waals surface area contributed by atoms with Crippen LogP contribution in [0.25, 0.3) is 0 Å². The lowest BCUT2D eigenvalue weighted by Crippen LogP contribution is -2.59. The summed E-state index contributed by atoms with van der Waals surface area (Å²) in [6, 6.07) is 7.30. The highest BCUT2D eigenvalue weighted by atomic mass is 79.9. The van der Waals surface area contributed by atoms with Gasteiger partial charge in [0.25, 0.3) is 0 Å². The van der Waals surface area contributed by atoms with Crippen molar-refractivity contribution in [2.24, 2.45) is 0 Å². The number of nitrogens with zero attached hydrogens (tertiary/aromatic N) is 1. The summed E-state index contributed by atoms with van der Waals surface area (Å²) in [5.41, 5.74) is -0.157. The Morgan fingerprint density at radius 1 is 1.38 bits per heavy atom. The average molecular weight is 355 g/mol. The Morgan fingerprint density at radius 2 is 2.10 bits per heavy atom. The largest absolute Gasteiger partial charge is 0.480 e. The maximum atomic E-state index is 12.3. The Morgan fingerprint density at radius 3 is 2.76 bits per heavy atom. The third kappa shape index (κ3) is 3.37. The van der Waals surface area contributed by atoms with Gasteiger partial charge in [-0.1, -0.05) is 34.1 Å². The van der Waals surface area contributed by atoms with Gasteiger partial charge in [0.15, 0.2) is 0 Å². The van der Waals surface area contributed by atoms with Gasteiger partial charge in [-0.2, -0.15) is 0 Å². The van der Waals surface area contributed by atoms with E-state index in [1.54, 1.807) is 6.92 Å². The van der Waals surface area contributed by atoms with Crippen molar-refractivity contribution < 1.29 is 14.7 Å². The van der Waals surface area contributed by atoms with Crippen molar-refractivity contribution in [3.63, 3.8) is 0 Å². The zero-order valence-electron chi connectivity index (χ0n) is 11.9. The number of piperidine rings is 1. The van der Waals surface area contributed by atoms with Crippen LogP contribution >= 0.6 is 15.9 Å². The van der Waals surface area contributed by atoms with Gasteiger partial charge in [0.1, 0.15) is 5.54 Å². The summed E-state index contributed by atoms with van der Waals surface area (Å²) < 4.78 is 0.921. The fourth-order valence-electron chi connectivity index (χ4n) is 2.58. The number of urea groups is 1. The molecule has 1 aliphatic rings. The molecule has 21 heavy (non-hydrogen) atoms. The lowest BCUT2D eigenvalue weighted by atomic mass is 9.89. The summed E-state index contributed by atoms with van der Waals surface area (Å²) in [5, 5.41) is 12.2. The van der Waals surface area contributed by atoms with E-state index in [9.17, 15) is 14.7 Å². The molecule has 1 aliphatic heterocycles. The van der Waals surface area contributed by atoms with Crippen molar-refractivity contribution in [1.82, 2.24) is 10.2 Å². The van der Waals surface area contributed by atoms with Crippen LogP contribution in [0.2, 0.25) is 0 Å². The van der Waals surface area contributed by atoms with E-state index >= 15 is 0 Å². The number of rotatable bonds is 3. The molecule has 1 aromatic rings. The molecule has 1 atom stereocenters. The number of carbonyl (C=O) groups excluding carboxylic acids is 1. The molecule has 0 aliphatic carbocycles. The molecule has 0 saturated carbocycles. The van der Waals surface area contributed by atoms with Crippen LogP contribution in [0.3, 0.4) is 0 Å². The quantitative estimate of drug-likeness (QED) is 0.876. The highest BCUT2D eigenvalue weighted by Crippen LogP contribution is 2.28. The van der Waals surface area contributed by atoms with Crippen LogP contribution in [0.15, 0.2) is 28.7 Å². The third-order valence-corrected chi connectivity index (χ3v) is 4.76. The second-order valence-corrected chi connectivity index (χ2v) is 6.29. The fourth-order valence-corrected chi connectivity index (χ4v) is 3.00. The van der Waals surface area contributed by atoms with E-state index in [0.717, 1.165) is 22.9 Å². The predicted molar refractivity (Wildman–Crippen MR) is 83.0 cm³/mol. The Kier molecular flexibility index (Phi) is 4.88. The van der Waals surface area contributed by atoms with Crippen LogP contribution < -0.4 is 5.32 Å². The summed E-state index contributed by atoms with van der Waals surface area (Å²) in [6.07, 6.45) is 2.16. The van der Waals surface area contributed by atoms with E-state index in [1.807, 2.05) is 24.3 Å². The number of nitrogens with one attached hydrogen (secondary N) is 1. The first-order chi connectivity index (χ1) is 9.95. The Bertz CT molecular complexity index is 549. The van der Waals surface area contributed by atoms with Gasteiger partial charge in [0.2, 0.25) is 0 Å². The number of halogens is 1. The monoisotopic (exact) mass is 354 g/mol. The molecule has 114 valence electrons. The molecule has 5 nitrogen and oxygen atoms in total. The lowest BCUT2D eigenvalue weighted by Gasteiger charge is -2.41. The number of aliphatic carboxylic acids is 1.